The lowest BCUT2D eigenvalue weighted by atomic mass is 10.2. The van der Waals surface area contributed by atoms with Gasteiger partial charge in [-0.25, -0.2) is 13.6 Å². The van der Waals surface area contributed by atoms with Crippen LogP contribution < -0.4 is 5.32 Å². The predicted molar refractivity (Wildman–Crippen MR) is 60.8 cm³/mol. The molecule has 1 aromatic carbocycles. The van der Waals surface area contributed by atoms with E-state index in [1.807, 2.05) is 0 Å². The van der Waals surface area contributed by atoms with E-state index < -0.39 is 23.3 Å². The Morgan fingerprint density at radius 1 is 1.22 bits per heavy atom. The summed E-state index contributed by atoms with van der Waals surface area (Å²) in [6.45, 7) is 0. The van der Waals surface area contributed by atoms with Gasteiger partial charge in [-0.2, -0.15) is 0 Å². The van der Waals surface area contributed by atoms with Gasteiger partial charge in [0.1, 0.15) is 17.3 Å². The topological polar surface area (TPSA) is 62.2 Å². The van der Waals surface area contributed by atoms with Crippen LogP contribution in [-0.2, 0) is 0 Å². The molecule has 2 rings (SSSR count). The van der Waals surface area contributed by atoms with E-state index >= 15 is 0 Å². The van der Waals surface area contributed by atoms with Gasteiger partial charge in [-0.3, -0.25) is 4.98 Å². The van der Waals surface area contributed by atoms with Crippen LogP contribution in [-0.4, -0.2) is 16.1 Å². The minimum absolute atomic E-state index is 0.0222. The number of carbonyl (C=O) groups is 1. The SMILES string of the molecule is O=C(O)c1ccncc1Nc1c(F)cccc1F. The summed E-state index contributed by atoms with van der Waals surface area (Å²) in [4.78, 5) is 14.6. The zero-order chi connectivity index (χ0) is 13.1. The van der Waals surface area contributed by atoms with E-state index in [1.54, 1.807) is 0 Å². The summed E-state index contributed by atoms with van der Waals surface area (Å²) in [5.74, 6) is -2.83. The van der Waals surface area contributed by atoms with Crippen molar-refractivity contribution in [1.29, 1.82) is 0 Å². The predicted octanol–water partition coefficient (Wildman–Crippen LogP) is 2.80. The number of carboxylic acids is 1. The molecule has 0 unspecified atom stereocenters. The summed E-state index contributed by atoms with van der Waals surface area (Å²) in [7, 11) is 0. The Bertz CT molecular complexity index is 582. The second-order valence-corrected chi connectivity index (χ2v) is 3.45. The number of rotatable bonds is 3. The van der Waals surface area contributed by atoms with Crippen molar-refractivity contribution in [3.63, 3.8) is 0 Å². The smallest absolute Gasteiger partial charge is 0.337 e. The Morgan fingerprint density at radius 2 is 1.89 bits per heavy atom. The number of hydrogen-bond donors (Lipinski definition) is 2. The van der Waals surface area contributed by atoms with Crippen molar-refractivity contribution in [1.82, 2.24) is 4.98 Å². The average Bonchev–Trinajstić information content (AvgIpc) is 2.34. The summed E-state index contributed by atoms with van der Waals surface area (Å²) >= 11 is 0. The second kappa shape index (κ2) is 4.79. The zero-order valence-corrected chi connectivity index (χ0v) is 9.02. The number of hydrogen-bond acceptors (Lipinski definition) is 3. The lowest BCUT2D eigenvalue weighted by molar-refractivity contribution is 0.0698. The molecule has 0 amide bonds. The fourth-order valence-electron chi connectivity index (χ4n) is 1.43. The van der Waals surface area contributed by atoms with Gasteiger partial charge in [0, 0.05) is 6.20 Å². The van der Waals surface area contributed by atoms with Crippen LogP contribution in [0.5, 0.6) is 0 Å². The van der Waals surface area contributed by atoms with Crippen LogP contribution in [0.4, 0.5) is 20.2 Å². The van der Waals surface area contributed by atoms with E-state index in [-0.39, 0.29) is 11.3 Å². The van der Waals surface area contributed by atoms with Crippen LogP contribution in [0, 0.1) is 11.6 Å². The molecule has 18 heavy (non-hydrogen) atoms. The first kappa shape index (κ1) is 12.0. The fourth-order valence-corrected chi connectivity index (χ4v) is 1.43. The Labute approximate surface area is 101 Å². The molecular weight excluding hydrogens is 242 g/mol. The number of aromatic carboxylic acids is 1. The first-order chi connectivity index (χ1) is 8.59. The van der Waals surface area contributed by atoms with Gasteiger partial charge in [0.15, 0.2) is 0 Å². The number of benzene rings is 1. The molecule has 0 aliphatic carbocycles. The highest BCUT2D eigenvalue weighted by molar-refractivity contribution is 5.94. The largest absolute Gasteiger partial charge is 0.478 e. The van der Waals surface area contributed by atoms with Crippen molar-refractivity contribution in [3.05, 3.63) is 53.9 Å². The van der Waals surface area contributed by atoms with E-state index in [9.17, 15) is 13.6 Å². The number of anilines is 2. The first-order valence-electron chi connectivity index (χ1n) is 4.98. The zero-order valence-electron chi connectivity index (χ0n) is 9.02. The summed E-state index contributed by atoms with van der Waals surface area (Å²) in [5, 5.41) is 11.3. The molecule has 92 valence electrons. The molecule has 4 nitrogen and oxygen atoms in total. The maximum absolute atomic E-state index is 13.4. The minimum Gasteiger partial charge on any atom is -0.478 e. The number of para-hydroxylation sites is 1. The highest BCUT2D eigenvalue weighted by Gasteiger charge is 2.14. The molecule has 1 aromatic heterocycles. The molecule has 0 saturated heterocycles. The molecule has 0 bridgehead atoms. The van der Waals surface area contributed by atoms with Gasteiger partial charge in [-0.1, -0.05) is 6.07 Å². The van der Waals surface area contributed by atoms with Gasteiger partial charge in [0.25, 0.3) is 0 Å². The number of halogens is 2. The third kappa shape index (κ3) is 2.27. The Balaban J connectivity index is 2.43. The second-order valence-electron chi connectivity index (χ2n) is 3.45. The number of nitrogens with one attached hydrogen (secondary N) is 1. The van der Waals surface area contributed by atoms with E-state index in [4.69, 9.17) is 5.11 Å². The monoisotopic (exact) mass is 250 g/mol. The summed E-state index contributed by atoms with van der Waals surface area (Å²) in [6.07, 6.45) is 2.47. The normalized spacial score (nSPS) is 10.1. The van der Waals surface area contributed by atoms with Crippen molar-refractivity contribution < 1.29 is 18.7 Å². The van der Waals surface area contributed by atoms with Gasteiger partial charge < -0.3 is 10.4 Å². The number of aromatic nitrogens is 1. The number of carboxylic acid groups (broad SMARTS) is 1. The van der Waals surface area contributed by atoms with E-state index in [0.717, 1.165) is 12.1 Å². The van der Waals surface area contributed by atoms with Crippen LogP contribution in [0.1, 0.15) is 10.4 Å². The van der Waals surface area contributed by atoms with Crippen LogP contribution in [0.15, 0.2) is 36.7 Å². The molecule has 2 aromatic rings. The summed E-state index contributed by atoms with van der Waals surface area (Å²) in [5.41, 5.74) is -0.505. The van der Waals surface area contributed by atoms with Crippen molar-refractivity contribution in [2.24, 2.45) is 0 Å². The molecule has 0 atom stereocenters. The fraction of sp³-hybridized carbons (Fsp3) is 0. The maximum Gasteiger partial charge on any atom is 0.337 e. The van der Waals surface area contributed by atoms with E-state index in [2.05, 4.69) is 10.3 Å². The molecule has 0 aliphatic heterocycles. The molecule has 0 saturated carbocycles. The lowest BCUT2D eigenvalue weighted by Crippen LogP contribution is -2.05. The Kier molecular flexibility index (Phi) is 3.18. The van der Waals surface area contributed by atoms with E-state index in [1.165, 1.54) is 24.5 Å². The molecule has 0 fully saturated rings. The molecule has 0 aliphatic rings. The van der Waals surface area contributed by atoms with Crippen molar-refractivity contribution in [3.8, 4) is 0 Å². The third-order valence-corrected chi connectivity index (χ3v) is 2.27. The molecular formula is C12H8F2N2O2. The highest BCUT2D eigenvalue weighted by Crippen LogP contribution is 2.24. The molecule has 1 heterocycles. The minimum atomic E-state index is -1.21. The van der Waals surface area contributed by atoms with Crippen molar-refractivity contribution in [2.75, 3.05) is 5.32 Å². The lowest BCUT2D eigenvalue weighted by Gasteiger charge is -2.10. The highest BCUT2D eigenvalue weighted by atomic mass is 19.1. The number of pyridine rings is 1. The van der Waals surface area contributed by atoms with Crippen LogP contribution in [0.3, 0.4) is 0 Å². The molecule has 6 heteroatoms. The third-order valence-electron chi connectivity index (χ3n) is 2.27. The van der Waals surface area contributed by atoms with Gasteiger partial charge >= 0.3 is 5.97 Å². The quantitative estimate of drug-likeness (QED) is 0.879. The van der Waals surface area contributed by atoms with Crippen LogP contribution in [0.25, 0.3) is 0 Å². The maximum atomic E-state index is 13.4. The van der Waals surface area contributed by atoms with Gasteiger partial charge in [-0.15, -0.1) is 0 Å². The van der Waals surface area contributed by atoms with Crippen LogP contribution >= 0.6 is 0 Å². The van der Waals surface area contributed by atoms with Gasteiger partial charge in [-0.05, 0) is 18.2 Å². The first-order valence-corrected chi connectivity index (χ1v) is 4.98. The number of nitrogens with zero attached hydrogens (tertiary/aromatic N) is 1. The Hall–Kier alpha value is -2.50. The Morgan fingerprint density at radius 3 is 2.50 bits per heavy atom. The van der Waals surface area contributed by atoms with Crippen molar-refractivity contribution >= 4 is 17.3 Å². The molecule has 2 N–H and O–H groups in total. The summed E-state index contributed by atoms with van der Waals surface area (Å²) in [6, 6.07) is 4.60. The molecule has 0 spiro atoms. The van der Waals surface area contributed by atoms with Crippen molar-refractivity contribution in [2.45, 2.75) is 0 Å². The van der Waals surface area contributed by atoms with Crippen LogP contribution in [0.2, 0.25) is 0 Å². The van der Waals surface area contributed by atoms with Gasteiger partial charge in [0.2, 0.25) is 0 Å². The molecule has 0 radical (unpaired) electrons. The van der Waals surface area contributed by atoms with E-state index in [0.29, 0.717) is 0 Å². The van der Waals surface area contributed by atoms with Gasteiger partial charge in [0.05, 0.1) is 17.4 Å². The summed E-state index contributed by atoms with van der Waals surface area (Å²) < 4.78 is 26.8. The standard InChI is InChI=1S/C12H8F2N2O2/c13-8-2-1-3-9(14)11(8)16-10-6-15-5-4-7(10)12(17)18/h1-6,16H,(H,17,18). The average molecular weight is 250 g/mol.